The van der Waals surface area contributed by atoms with Crippen LogP contribution < -0.4 is 15.1 Å². The summed E-state index contributed by atoms with van der Waals surface area (Å²) in [6.45, 7) is 3.40. The van der Waals surface area contributed by atoms with Gasteiger partial charge in [0.25, 0.3) is 5.69 Å². The average molecular weight is 575 g/mol. The van der Waals surface area contributed by atoms with E-state index in [-0.39, 0.29) is 28.7 Å². The van der Waals surface area contributed by atoms with Crippen LogP contribution in [0, 0.1) is 16.0 Å². The minimum atomic E-state index is -0.866. The molecule has 40 heavy (non-hydrogen) atoms. The molecule has 10 nitrogen and oxygen atoms in total. The summed E-state index contributed by atoms with van der Waals surface area (Å²) < 4.78 is 1.37. The zero-order chi connectivity index (χ0) is 28.3. The van der Waals surface area contributed by atoms with Gasteiger partial charge >= 0.3 is 4.87 Å². The number of anilines is 2. The van der Waals surface area contributed by atoms with Gasteiger partial charge in [-0.2, -0.15) is 0 Å². The Morgan fingerprint density at radius 2 is 1.70 bits per heavy atom. The van der Waals surface area contributed by atoms with Gasteiger partial charge in [0.15, 0.2) is 0 Å². The summed E-state index contributed by atoms with van der Waals surface area (Å²) in [7, 11) is 0. The van der Waals surface area contributed by atoms with Crippen molar-refractivity contribution in [1.29, 1.82) is 0 Å². The van der Waals surface area contributed by atoms with E-state index in [1.54, 1.807) is 6.07 Å². The van der Waals surface area contributed by atoms with Crippen LogP contribution in [-0.4, -0.2) is 32.5 Å². The van der Waals surface area contributed by atoms with E-state index in [2.05, 4.69) is 5.32 Å². The number of thioether (sulfide) groups is 1. The van der Waals surface area contributed by atoms with E-state index in [1.165, 1.54) is 28.8 Å². The first-order chi connectivity index (χ1) is 19.1. The average Bonchev–Trinajstić information content (AvgIpc) is 3.38. The lowest BCUT2D eigenvalue weighted by Crippen LogP contribution is -2.41. The molecular formula is C28H22N4O6S2. The van der Waals surface area contributed by atoms with E-state index in [0.717, 1.165) is 38.8 Å². The Hall–Kier alpha value is -4.29. The van der Waals surface area contributed by atoms with Crippen LogP contribution in [0.5, 0.6) is 0 Å². The number of fused-ring (bicyclic) bond motifs is 3. The maximum atomic E-state index is 13.6. The van der Waals surface area contributed by atoms with Crippen molar-refractivity contribution in [2.45, 2.75) is 36.1 Å². The number of hydrogen-bond donors (Lipinski definition) is 1. The molecule has 0 spiro atoms. The fourth-order valence-electron chi connectivity index (χ4n) is 5.41. The Bertz CT molecular complexity index is 1790. The van der Waals surface area contributed by atoms with Crippen molar-refractivity contribution in [3.63, 3.8) is 0 Å². The topological polar surface area (TPSA) is 132 Å². The van der Waals surface area contributed by atoms with E-state index in [4.69, 9.17) is 0 Å². The fourth-order valence-corrected chi connectivity index (χ4v) is 8.45. The Morgan fingerprint density at radius 1 is 1.00 bits per heavy atom. The summed E-state index contributed by atoms with van der Waals surface area (Å²) in [5.74, 6) is -2.02. The van der Waals surface area contributed by atoms with Gasteiger partial charge < -0.3 is 5.32 Å². The third-order valence-corrected chi connectivity index (χ3v) is 10.2. The van der Waals surface area contributed by atoms with Crippen molar-refractivity contribution in [3.05, 3.63) is 91.4 Å². The van der Waals surface area contributed by atoms with Crippen LogP contribution in [0.1, 0.15) is 18.7 Å². The highest BCUT2D eigenvalue weighted by Crippen LogP contribution is 2.54. The molecule has 3 heterocycles. The number of hydrogen-bond acceptors (Lipinski definition) is 8. The molecule has 3 amide bonds. The number of aromatic nitrogens is 1. The molecule has 0 saturated carbocycles. The van der Waals surface area contributed by atoms with Crippen LogP contribution in [0.3, 0.4) is 0 Å². The van der Waals surface area contributed by atoms with E-state index in [0.29, 0.717) is 15.6 Å². The number of nitro benzene ring substituents is 1. The van der Waals surface area contributed by atoms with Gasteiger partial charge in [-0.1, -0.05) is 73.3 Å². The molecule has 202 valence electrons. The fraction of sp³-hybridized carbons (Fsp3) is 0.214. The number of carbonyl (C=O) groups is 3. The van der Waals surface area contributed by atoms with E-state index in [9.17, 15) is 29.3 Å². The number of rotatable bonds is 5. The van der Waals surface area contributed by atoms with Crippen molar-refractivity contribution in [1.82, 2.24) is 4.57 Å². The Labute approximate surface area is 235 Å². The lowest BCUT2D eigenvalue weighted by molar-refractivity contribution is -0.384. The molecule has 0 aliphatic carbocycles. The summed E-state index contributed by atoms with van der Waals surface area (Å²) in [6.07, 6.45) is 0. The van der Waals surface area contributed by atoms with E-state index in [1.807, 2.05) is 50.2 Å². The largest absolute Gasteiger partial charge is 0.324 e. The summed E-state index contributed by atoms with van der Waals surface area (Å²) in [4.78, 5) is 65.2. The molecule has 2 aliphatic heterocycles. The number of nitrogens with zero attached hydrogens (tertiary/aromatic N) is 3. The highest BCUT2D eigenvalue weighted by Gasteiger charge is 2.59. The number of thiazole rings is 1. The normalized spacial score (nSPS) is 19.4. The molecule has 2 aliphatic rings. The standard InChI is InChI=1S/C28H22N4O6S2/c1-28(2)21-22(25(35)31(24(21)34)16-10-12-17(13-11-16)32(37)38)39-26-23(28)40-27(36)30(26)14-20(33)29-19-9-5-7-15-6-3-4-8-18(15)19/h3-13,21-22H,14H2,1-2H3,(H,29,33)/t21-,22+/m1/s1. The van der Waals surface area contributed by atoms with Crippen molar-refractivity contribution in [2.75, 3.05) is 10.2 Å². The first kappa shape index (κ1) is 26.0. The van der Waals surface area contributed by atoms with Crippen LogP contribution in [0.2, 0.25) is 0 Å². The number of non-ortho nitro benzene ring substituents is 1. The minimum absolute atomic E-state index is 0.150. The smallest absolute Gasteiger partial charge is 0.308 e. The molecule has 1 fully saturated rings. The molecular weight excluding hydrogens is 552 g/mol. The number of amides is 3. The van der Waals surface area contributed by atoms with Gasteiger partial charge in [-0.3, -0.25) is 33.9 Å². The summed E-state index contributed by atoms with van der Waals surface area (Å²) >= 11 is 2.10. The predicted molar refractivity (Wildman–Crippen MR) is 153 cm³/mol. The Balaban J connectivity index is 1.30. The molecule has 0 radical (unpaired) electrons. The summed E-state index contributed by atoms with van der Waals surface area (Å²) in [6, 6.07) is 18.5. The van der Waals surface area contributed by atoms with E-state index < -0.39 is 33.3 Å². The summed E-state index contributed by atoms with van der Waals surface area (Å²) in [5.41, 5.74) is -0.137. The third kappa shape index (κ3) is 4.02. The van der Waals surface area contributed by atoms with Gasteiger partial charge in [0.05, 0.1) is 21.6 Å². The molecule has 3 aromatic carbocycles. The Kier molecular flexibility index (Phi) is 6.11. The van der Waals surface area contributed by atoms with Crippen LogP contribution in [-0.2, 0) is 26.3 Å². The summed E-state index contributed by atoms with van der Waals surface area (Å²) in [5, 5.41) is 15.5. The zero-order valence-corrected chi connectivity index (χ0v) is 23.0. The van der Waals surface area contributed by atoms with Crippen LogP contribution in [0.4, 0.5) is 17.1 Å². The van der Waals surface area contributed by atoms with Gasteiger partial charge in [-0.25, -0.2) is 4.90 Å². The first-order valence-electron chi connectivity index (χ1n) is 12.4. The van der Waals surface area contributed by atoms with Gasteiger partial charge in [0.2, 0.25) is 17.7 Å². The van der Waals surface area contributed by atoms with Crippen molar-refractivity contribution < 1.29 is 19.3 Å². The lowest BCUT2D eigenvalue weighted by Gasteiger charge is -2.36. The van der Waals surface area contributed by atoms with Crippen molar-refractivity contribution >= 4 is 68.7 Å². The van der Waals surface area contributed by atoms with Crippen molar-refractivity contribution in [3.8, 4) is 0 Å². The second-order valence-corrected chi connectivity index (χ2v) is 12.3. The van der Waals surface area contributed by atoms with Gasteiger partial charge in [-0.05, 0) is 23.6 Å². The number of carbonyl (C=O) groups excluding carboxylic acids is 3. The maximum absolute atomic E-state index is 13.6. The third-order valence-electron chi connectivity index (χ3n) is 7.39. The van der Waals surface area contributed by atoms with Crippen LogP contribution >= 0.6 is 23.1 Å². The number of benzene rings is 3. The lowest BCUT2D eigenvalue weighted by atomic mass is 9.76. The molecule has 12 heteroatoms. The van der Waals surface area contributed by atoms with Crippen LogP contribution in [0.25, 0.3) is 10.8 Å². The van der Waals surface area contributed by atoms with Gasteiger partial charge in [-0.15, -0.1) is 0 Å². The molecule has 6 rings (SSSR count). The van der Waals surface area contributed by atoms with E-state index >= 15 is 0 Å². The second-order valence-electron chi connectivity index (χ2n) is 10.2. The number of nitro groups is 1. The maximum Gasteiger partial charge on any atom is 0.308 e. The molecule has 2 atom stereocenters. The molecule has 1 N–H and O–H groups in total. The molecule has 4 aromatic rings. The molecule has 0 bridgehead atoms. The zero-order valence-electron chi connectivity index (χ0n) is 21.3. The minimum Gasteiger partial charge on any atom is -0.324 e. The highest BCUT2D eigenvalue weighted by molar-refractivity contribution is 8.00. The Morgan fingerprint density at radius 3 is 2.42 bits per heavy atom. The number of nitrogens with one attached hydrogen (secondary N) is 1. The quantitative estimate of drug-likeness (QED) is 0.210. The number of imide groups is 1. The molecule has 1 aromatic heterocycles. The monoisotopic (exact) mass is 574 g/mol. The van der Waals surface area contributed by atoms with Gasteiger partial charge in [0.1, 0.15) is 11.8 Å². The molecule has 1 saturated heterocycles. The highest BCUT2D eigenvalue weighted by atomic mass is 32.2. The SMILES string of the molecule is CC1(C)c2sc(=O)n(CC(=O)Nc3cccc4ccccc34)c2S[C@@H]2C(=O)N(c3ccc([N+](=O)[O-])cc3)C(=O)[C@@H]21. The second kappa shape index (κ2) is 9.42. The van der Waals surface area contributed by atoms with Crippen molar-refractivity contribution in [2.24, 2.45) is 5.92 Å². The molecule has 0 unspecified atom stereocenters. The first-order valence-corrected chi connectivity index (χ1v) is 14.1. The predicted octanol–water partition coefficient (Wildman–Crippen LogP) is 4.55. The van der Waals surface area contributed by atoms with Crippen LogP contribution in [0.15, 0.2) is 76.6 Å². The van der Waals surface area contributed by atoms with Gasteiger partial charge in [0, 0.05) is 33.5 Å².